The van der Waals surface area contributed by atoms with Gasteiger partial charge in [0.15, 0.2) is 0 Å². The Labute approximate surface area is 93.6 Å². The van der Waals surface area contributed by atoms with Gasteiger partial charge in [0.2, 0.25) is 0 Å². The Kier molecular flexibility index (Phi) is 2.55. The summed E-state index contributed by atoms with van der Waals surface area (Å²) in [7, 11) is 0. The van der Waals surface area contributed by atoms with Gasteiger partial charge in [-0.2, -0.15) is 0 Å². The molecule has 1 saturated carbocycles. The Morgan fingerprint density at radius 1 is 1.27 bits per heavy atom. The topological polar surface area (TPSA) is 26.0 Å². The second kappa shape index (κ2) is 3.49. The molecular formula is C10H9BrF3N. The third-order valence-electron chi connectivity index (χ3n) is 2.63. The first kappa shape index (κ1) is 11.0. The Hall–Kier alpha value is -0.550. The van der Waals surface area contributed by atoms with E-state index in [1.165, 1.54) is 0 Å². The monoisotopic (exact) mass is 279 g/mol. The highest BCUT2D eigenvalue weighted by Crippen LogP contribution is 2.38. The first-order valence-corrected chi connectivity index (χ1v) is 5.33. The van der Waals surface area contributed by atoms with Gasteiger partial charge in [-0.3, -0.25) is 0 Å². The van der Waals surface area contributed by atoms with Crippen LogP contribution in [-0.4, -0.2) is 5.54 Å². The van der Waals surface area contributed by atoms with Crippen molar-refractivity contribution < 1.29 is 13.2 Å². The lowest BCUT2D eigenvalue weighted by Crippen LogP contribution is -2.26. The van der Waals surface area contributed by atoms with Crippen molar-refractivity contribution in [1.82, 2.24) is 0 Å². The highest BCUT2D eigenvalue weighted by Gasteiger charge is 2.40. The largest absolute Gasteiger partial charge is 0.325 e. The van der Waals surface area contributed by atoms with Crippen LogP contribution in [0.5, 0.6) is 0 Å². The summed E-state index contributed by atoms with van der Waals surface area (Å²) in [5.41, 5.74) is 5.13. The molecule has 2 N–H and O–H groups in total. The maximum absolute atomic E-state index is 13.5. The van der Waals surface area contributed by atoms with Crippen LogP contribution in [0.1, 0.15) is 18.4 Å². The molecule has 0 heterocycles. The molecule has 0 aliphatic heterocycles. The van der Waals surface area contributed by atoms with Gasteiger partial charge in [-0.05, 0) is 35.2 Å². The van der Waals surface area contributed by atoms with Gasteiger partial charge in [0.1, 0.15) is 17.5 Å². The van der Waals surface area contributed by atoms with Gasteiger partial charge in [-0.25, -0.2) is 13.2 Å². The number of nitrogens with two attached hydrogens (primary N) is 1. The van der Waals surface area contributed by atoms with Gasteiger partial charge in [0.25, 0.3) is 0 Å². The summed E-state index contributed by atoms with van der Waals surface area (Å²) in [5, 5.41) is 0. The predicted octanol–water partition coefficient (Wildman–Crippen LogP) is 2.90. The third kappa shape index (κ3) is 2.03. The van der Waals surface area contributed by atoms with Crippen LogP contribution in [0.25, 0.3) is 0 Å². The zero-order valence-electron chi connectivity index (χ0n) is 7.79. The van der Waals surface area contributed by atoms with Crippen molar-refractivity contribution in [1.29, 1.82) is 0 Å². The molecule has 0 atom stereocenters. The van der Waals surface area contributed by atoms with E-state index in [0.29, 0.717) is 6.07 Å². The van der Waals surface area contributed by atoms with E-state index < -0.39 is 23.0 Å². The molecule has 1 fully saturated rings. The van der Waals surface area contributed by atoms with Crippen LogP contribution in [0.15, 0.2) is 10.5 Å². The van der Waals surface area contributed by atoms with E-state index in [1.807, 2.05) is 0 Å². The molecular weight excluding hydrogens is 271 g/mol. The summed E-state index contributed by atoms with van der Waals surface area (Å²) >= 11 is 2.73. The molecule has 15 heavy (non-hydrogen) atoms. The lowest BCUT2D eigenvalue weighted by molar-refractivity contribution is 0.501. The fourth-order valence-corrected chi connectivity index (χ4v) is 1.81. The van der Waals surface area contributed by atoms with Gasteiger partial charge >= 0.3 is 0 Å². The van der Waals surface area contributed by atoms with Crippen LogP contribution in [0, 0.1) is 17.5 Å². The molecule has 1 nitrogen and oxygen atoms in total. The number of halogens is 4. The molecule has 2 rings (SSSR count). The van der Waals surface area contributed by atoms with Crippen molar-refractivity contribution in [2.75, 3.05) is 0 Å². The van der Waals surface area contributed by atoms with Crippen molar-refractivity contribution in [2.24, 2.45) is 5.73 Å². The van der Waals surface area contributed by atoms with Gasteiger partial charge in [-0.15, -0.1) is 0 Å². The number of hydrogen-bond acceptors (Lipinski definition) is 1. The van der Waals surface area contributed by atoms with E-state index >= 15 is 0 Å². The van der Waals surface area contributed by atoms with E-state index in [4.69, 9.17) is 5.73 Å². The van der Waals surface area contributed by atoms with Crippen molar-refractivity contribution >= 4 is 15.9 Å². The molecule has 1 aromatic rings. The summed E-state index contributed by atoms with van der Waals surface area (Å²) in [4.78, 5) is 0. The van der Waals surface area contributed by atoms with Crippen LogP contribution in [0.4, 0.5) is 13.2 Å². The van der Waals surface area contributed by atoms with Crippen molar-refractivity contribution in [3.8, 4) is 0 Å². The summed E-state index contributed by atoms with van der Waals surface area (Å²) in [5.74, 6) is -2.69. The fourth-order valence-electron chi connectivity index (χ4n) is 1.46. The lowest BCUT2D eigenvalue weighted by atomic mass is 10.0. The highest BCUT2D eigenvalue weighted by atomic mass is 79.9. The minimum absolute atomic E-state index is 0.115. The van der Waals surface area contributed by atoms with Gasteiger partial charge in [0.05, 0.1) is 4.47 Å². The van der Waals surface area contributed by atoms with E-state index in [9.17, 15) is 13.2 Å². The molecule has 0 saturated heterocycles. The molecule has 0 spiro atoms. The first-order valence-electron chi connectivity index (χ1n) is 4.54. The van der Waals surface area contributed by atoms with E-state index in [-0.39, 0.29) is 16.5 Å². The molecule has 0 amide bonds. The molecule has 1 aromatic carbocycles. The summed E-state index contributed by atoms with van der Waals surface area (Å²) in [6, 6.07) is 0.675. The molecule has 0 aromatic heterocycles. The van der Waals surface area contributed by atoms with Gasteiger partial charge in [0, 0.05) is 17.2 Å². The Balaban J connectivity index is 2.41. The Bertz CT molecular complexity index is 416. The van der Waals surface area contributed by atoms with Gasteiger partial charge in [-0.1, -0.05) is 0 Å². The number of benzene rings is 1. The molecule has 1 aliphatic carbocycles. The zero-order chi connectivity index (χ0) is 11.2. The van der Waals surface area contributed by atoms with E-state index in [0.717, 1.165) is 12.8 Å². The second-order valence-electron chi connectivity index (χ2n) is 3.99. The zero-order valence-corrected chi connectivity index (χ0v) is 9.37. The lowest BCUT2D eigenvalue weighted by Gasteiger charge is -2.11. The summed E-state index contributed by atoms with van der Waals surface area (Å²) < 4.78 is 39.4. The molecule has 0 unspecified atom stereocenters. The number of hydrogen-bond donors (Lipinski definition) is 1. The minimum Gasteiger partial charge on any atom is -0.325 e. The van der Waals surface area contributed by atoms with E-state index in [2.05, 4.69) is 15.9 Å². The normalized spacial score (nSPS) is 17.9. The highest BCUT2D eigenvalue weighted by molar-refractivity contribution is 9.10. The molecule has 82 valence electrons. The fraction of sp³-hybridized carbons (Fsp3) is 0.400. The Morgan fingerprint density at radius 2 is 1.87 bits per heavy atom. The smallest absolute Gasteiger partial charge is 0.146 e. The predicted molar refractivity (Wildman–Crippen MR) is 53.9 cm³/mol. The van der Waals surface area contributed by atoms with Crippen molar-refractivity contribution in [2.45, 2.75) is 24.8 Å². The second-order valence-corrected chi connectivity index (χ2v) is 4.78. The summed E-state index contributed by atoms with van der Waals surface area (Å²) in [6.45, 7) is 0. The van der Waals surface area contributed by atoms with E-state index in [1.54, 1.807) is 0 Å². The Morgan fingerprint density at radius 3 is 2.40 bits per heavy atom. The third-order valence-corrected chi connectivity index (χ3v) is 3.36. The van der Waals surface area contributed by atoms with Crippen LogP contribution in [0.3, 0.4) is 0 Å². The molecule has 5 heteroatoms. The van der Waals surface area contributed by atoms with Crippen LogP contribution in [-0.2, 0) is 6.42 Å². The van der Waals surface area contributed by atoms with Crippen LogP contribution >= 0.6 is 15.9 Å². The average molecular weight is 280 g/mol. The SMILES string of the molecule is NC1(Cc2c(F)cc(F)c(Br)c2F)CC1. The average Bonchev–Trinajstić information content (AvgIpc) is 2.89. The maximum atomic E-state index is 13.5. The molecule has 1 aliphatic rings. The summed E-state index contributed by atoms with van der Waals surface area (Å²) in [6.07, 6.45) is 1.62. The maximum Gasteiger partial charge on any atom is 0.146 e. The minimum atomic E-state index is -0.935. The van der Waals surface area contributed by atoms with Gasteiger partial charge < -0.3 is 5.73 Å². The quantitative estimate of drug-likeness (QED) is 0.654. The van der Waals surface area contributed by atoms with Crippen LogP contribution < -0.4 is 5.73 Å². The van der Waals surface area contributed by atoms with Crippen LogP contribution in [0.2, 0.25) is 0 Å². The number of rotatable bonds is 2. The molecule has 0 bridgehead atoms. The van der Waals surface area contributed by atoms with Crippen molar-refractivity contribution in [3.63, 3.8) is 0 Å². The molecule has 0 radical (unpaired) electrons. The van der Waals surface area contributed by atoms with Crippen molar-refractivity contribution in [3.05, 3.63) is 33.6 Å². The first-order chi connectivity index (χ1) is 6.93. The standard InChI is InChI=1S/C10H9BrF3N/c11-8-7(13)3-6(12)5(9(8)14)4-10(15)1-2-10/h3H,1-2,4,15H2.